The number of cyclic esters (lactones) is 1. The van der Waals surface area contributed by atoms with Gasteiger partial charge in [0.15, 0.2) is 12.6 Å². The second-order valence-corrected chi connectivity index (χ2v) is 30.5. The van der Waals surface area contributed by atoms with Crippen molar-refractivity contribution < 1.29 is 75.9 Å². The molecule has 18 atom stereocenters. The number of rotatable bonds is 18. The lowest BCUT2D eigenvalue weighted by atomic mass is 9.77. The Balaban J connectivity index is 0.0000132. The molecule has 1 aromatic heterocycles. The maximum absolute atomic E-state index is 15.0. The third kappa shape index (κ3) is 16.8. The summed E-state index contributed by atoms with van der Waals surface area (Å²) in [5, 5.41) is 69.8. The number of likely N-dealkylation sites (N-methyl/N-ethyl adjacent to an activating group) is 1. The van der Waals surface area contributed by atoms with Gasteiger partial charge in [0.1, 0.15) is 53.2 Å². The monoisotopic (exact) mass is 1230 g/mol. The van der Waals surface area contributed by atoms with Gasteiger partial charge < -0.3 is 76.2 Å². The molecular formula is C66H108ClN4O13P. The number of benzene rings is 2. The number of hydrogen-bond donors (Lipinski definition) is 5. The highest BCUT2D eigenvalue weighted by Gasteiger charge is 2.54. The Kier molecular flexibility index (Phi) is 25.7. The van der Waals surface area contributed by atoms with Gasteiger partial charge in [0.2, 0.25) is 5.91 Å². The van der Waals surface area contributed by atoms with Crippen molar-refractivity contribution in [1.82, 2.24) is 19.6 Å². The van der Waals surface area contributed by atoms with E-state index in [9.17, 15) is 35.1 Å². The van der Waals surface area contributed by atoms with E-state index in [-0.39, 0.29) is 68.7 Å². The predicted octanol–water partition coefficient (Wildman–Crippen LogP) is 4.76. The summed E-state index contributed by atoms with van der Waals surface area (Å²) in [6.45, 7) is 30.4. The first-order chi connectivity index (χ1) is 39.2. The SMILES string of the molecule is CC[C@H]1OC(=O)[C@H](C)[C@@H](O[C@H]2C[C@@](C)(OC)[C@@H](O)[C@H](C)O2)[C@H](C)[C@@H](O[C@@H]2O[C@H](C)C[C@H](N(C)C)[C@H]2O)[C@](C)(O)C[C@@H](C)CN(C(=O)CCCCCC[P+](c2cc(C)cc(C)c2)(c2cc(C)cc(C)c2)c2cnn(C(C)C)c2)[C@H](C)[C@@H](O)[C@]1(C)O.[Cl-]. The van der Waals surface area contributed by atoms with Crippen LogP contribution in [0, 0.1) is 45.4 Å². The van der Waals surface area contributed by atoms with E-state index in [0.717, 1.165) is 25.4 Å². The molecule has 3 aromatic rings. The Morgan fingerprint density at radius 3 is 1.93 bits per heavy atom. The fourth-order valence-corrected chi connectivity index (χ4v) is 18.6. The first-order valence-electron chi connectivity index (χ1n) is 31.1. The molecule has 0 aliphatic carbocycles. The van der Waals surface area contributed by atoms with Crippen molar-refractivity contribution in [2.24, 2.45) is 17.8 Å². The van der Waals surface area contributed by atoms with Crippen LogP contribution in [-0.2, 0) is 38.0 Å². The highest BCUT2D eigenvalue weighted by molar-refractivity contribution is 7.95. The van der Waals surface area contributed by atoms with Gasteiger partial charge in [0, 0.05) is 44.5 Å². The number of aliphatic hydroxyl groups excluding tert-OH is 3. The van der Waals surface area contributed by atoms with E-state index in [4.69, 9.17) is 33.5 Å². The first kappa shape index (κ1) is 72.6. The molecule has 19 heteroatoms. The molecule has 3 aliphatic rings. The molecule has 2 aromatic carbocycles. The molecule has 3 fully saturated rings. The number of nitrogens with zero attached hydrogens (tertiary/aromatic N) is 4. The van der Waals surface area contributed by atoms with Crippen LogP contribution in [0.1, 0.15) is 169 Å². The van der Waals surface area contributed by atoms with Crippen LogP contribution < -0.4 is 28.3 Å². The Bertz CT molecular complexity index is 2550. The third-order valence-corrected chi connectivity index (χ3v) is 23.1. The van der Waals surface area contributed by atoms with Crippen molar-refractivity contribution in [2.75, 3.05) is 33.9 Å². The van der Waals surface area contributed by atoms with Crippen molar-refractivity contribution in [3.8, 4) is 0 Å². The zero-order valence-electron chi connectivity index (χ0n) is 54.8. The minimum Gasteiger partial charge on any atom is -1.00 e. The largest absolute Gasteiger partial charge is 1.00 e. The van der Waals surface area contributed by atoms with Gasteiger partial charge in [-0.3, -0.25) is 14.3 Å². The summed E-state index contributed by atoms with van der Waals surface area (Å²) in [7, 11) is 3.03. The molecular weight excluding hydrogens is 1120 g/mol. The van der Waals surface area contributed by atoms with Crippen molar-refractivity contribution >= 4 is 35.1 Å². The molecule has 3 saturated heterocycles. The van der Waals surface area contributed by atoms with E-state index in [1.165, 1.54) is 52.2 Å². The number of hydrogen-bond acceptors (Lipinski definition) is 15. The Labute approximate surface area is 515 Å². The Morgan fingerprint density at radius 2 is 1.40 bits per heavy atom. The minimum atomic E-state index is -2.23. The van der Waals surface area contributed by atoms with E-state index >= 15 is 0 Å². The molecule has 5 N–H and O–H groups in total. The summed E-state index contributed by atoms with van der Waals surface area (Å²) in [5.41, 5.74) is 0.0191. The van der Waals surface area contributed by atoms with E-state index in [1.807, 2.05) is 32.8 Å². The second kappa shape index (κ2) is 30.1. The lowest BCUT2D eigenvalue weighted by molar-refractivity contribution is -0.318. The summed E-state index contributed by atoms with van der Waals surface area (Å²) in [6.07, 6.45) is -1.15. The van der Waals surface area contributed by atoms with Crippen molar-refractivity contribution in [3.05, 3.63) is 71.0 Å². The van der Waals surface area contributed by atoms with Crippen LogP contribution in [0.25, 0.3) is 0 Å². The number of halogens is 1. The van der Waals surface area contributed by atoms with Gasteiger partial charge >= 0.3 is 5.97 Å². The number of carbonyl (C=O) groups excluding carboxylic acids is 2. The number of amides is 1. The molecule has 482 valence electrons. The Hall–Kier alpha value is -3.13. The minimum absolute atomic E-state index is 0. The van der Waals surface area contributed by atoms with Gasteiger partial charge in [0.25, 0.3) is 0 Å². The zero-order chi connectivity index (χ0) is 62.6. The number of methoxy groups -OCH3 is 1. The molecule has 17 nitrogen and oxygen atoms in total. The molecule has 0 saturated carbocycles. The van der Waals surface area contributed by atoms with Crippen LogP contribution in [-0.4, -0.2) is 181 Å². The number of aryl methyl sites for hydroxylation is 4. The van der Waals surface area contributed by atoms with Crippen LogP contribution in [0.15, 0.2) is 48.8 Å². The molecule has 0 unspecified atom stereocenters. The van der Waals surface area contributed by atoms with Gasteiger partial charge in [-0.1, -0.05) is 39.3 Å². The highest BCUT2D eigenvalue weighted by Crippen LogP contribution is 2.57. The summed E-state index contributed by atoms with van der Waals surface area (Å²) in [4.78, 5) is 33.3. The van der Waals surface area contributed by atoms with Crippen LogP contribution in [0.3, 0.4) is 0 Å². The molecule has 0 radical (unpaired) electrons. The van der Waals surface area contributed by atoms with Crippen LogP contribution >= 0.6 is 7.26 Å². The quantitative estimate of drug-likeness (QED) is 0.0660. The van der Waals surface area contributed by atoms with Gasteiger partial charge in [0.05, 0.1) is 66.1 Å². The molecule has 4 heterocycles. The smallest absolute Gasteiger partial charge is 0.311 e. The van der Waals surface area contributed by atoms with Crippen LogP contribution in [0.2, 0.25) is 0 Å². The molecule has 1 amide bonds. The van der Waals surface area contributed by atoms with E-state index in [1.54, 1.807) is 53.4 Å². The van der Waals surface area contributed by atoms with Crippen LogP contribution in [0.5, 0.6) is 0 Å². The first-order valence-corrected chi connectivity index (χ1v) is 33.1. The van der Waals surface area contributed by atoms with Crippen molar-refractivity contribution in [3.63, 3.8) is 0 Å². The topological polar surface area (TPSA) is 215 Å². The average Bonchev–Trinajstić information content (AvgIpc) is 2.03. The average molecular weight is 1230 g/mol. The number of ether oxygens (including phenoxy) is 6. The summed E-state index contributed by atoms with van der Waals surface area (Å²) in [5.74, 6) is -3.37. The highest BCUT2D eigenvalue weighted by atomic mass is 35.5. The van der Waals surface area contributed by atoms with Gasteiger partial charge in [-0.15, -0.1) is 0 Å². The van der Waals surface area contributed by atoms with Crippen molar-refractivity contribution in [1.29, 1.82) is 0 Å². The number of esters is 1. The van der Waals surface area contributed by atoms with Crippen LogP contribution in [0.4, 0.5) is 0 Å². The van der Waals surface area contributed by atoms with Gasteiger partial charge in [-0.2, -0.15) is 5.10 Å². The number of carbonyl (C=O) groups is 2. The standard InChI is InChI=1S/C66H108N4O13P.ClH/c1-20-54-66(16,77)59(73)48(12)69(55(71)25-23-21-22-24-26-84(50-29-40(4)27-41(5)30-50,51-31-42(6)28-43(7)32-51)52-36-67-70(38-52)39(2)3)37-44(8)34-64(14,76)61(83-63-57(72)53(68(17)18)33-45(9)79-63)46(10)58(47(11)62(75)81-54)82-56-35-65(15,78-19)60(74)49(13)80-56;/h27-32,36,38-39,44-49,53-54,56-61,63,72-74,76-77H,20-26,33-35,37H2,1-19H3;1H/q+1;/p-1/t44-,45-,46+,47-,48-,49+,53+,54-,56+,57-,58+,59-,60+,61-,63+,64-,65-,66-;/m1./s1. The molecule has 3 aliphatic heterocycles. The normalized spacial score (nSPS) is 34.8. The number of aliphatic hydroxyl groups is 5. The lowest BCUT2D eigenvalue weighted by Crippen LogP contribution is -3.00. The third-order valence-electron chi connectivity index (χ3n) is 18.7. The molecule has 6 rings (SSSR count). The maximum Gasteiger partial charge on any atom is 0.311 e. The lowest BCUT2D eigenvalue weighted by Gasteiger charge is -2.48. The number of aromatic nitrogens is 2. The molecule has 85 heavy (non-hydrogen) atoms. The summed E-state index contributed by atoms with van der Waals surface area (Å²) in [6, 6.07) is 12.8. The zero-order valence-corrected chi connectivity index (χ0v) is 56.4. The maximum atomic E-state index is 15.0. The fraction of sp³-hybridized carbons (Fsp3) is 0.742. The van der Waals surface area contributed by atoms with Gasteiger partial charge in [-0.25, -0.2) is 0 Å². The summed E-state index contributed by atoms with van der Waals surface area (Å²) >= 11 is 0. The van der Waals surface area contributed by atoms with E-state index in [2.05, 4.69) is 95.0 Å². The Morgan fingerprint density at radius 1 is 0.824 bits per heavy atom. The summed E-state index contributed by atoms with van der Waals surface area (Å²) < 4.78 is 40.5. The molecule has 0 spiro atoms. The van der Waals surface area contributed by atoms with E-state index < -0.39 is 109 Å². The predicted molar refractivity (Wildman–Crippen MR) is 331 cm³/mol. The number of unbranched alkanes of at least 4 members (excludes halogenated alkanes) is 3. The van der Waals surface area contributed by atoms with Gasteiger partial charge in [-0.05, 0) is 195 Å². The molecule has 0 bridgehead atoms. The van der Waals surface area contributed by atoms with Crippen molar-refractivity contribution in [2.45, 2.75) is 265 Å². The fourth-order valence-electron chi connectivity index (χ4n) is 13.9. The van der Waals surface area contributed by atoms with E-state index in [0.29, 0.717) is 12.8 Å². The second-order valence-electron chi connectivity index (χ2n) is 26.9.